The molecule has 2 aromatic heterocycles. The number of carbonyl (C=O) groups excluding carboxylic acids is 1. The van der Waals surface area contributed by atoms with Crippen LogP contribution in [0.15, 0.2) is 24.3 Å². The van der Waals surface area contributed by atoms with Crippen molar-refractivity contribution in [3.05, 3.63) is 46.0 Å². The zero-order valence-corrected chi connectivity index (χ0v) is 15.6. The number of nitrogens with zero attached hydrogens (tertiary/aromatic N) is 1. The highest BCUT2D eigenvalue weighted by Crippen LogP contribution is 2.36. The molecule has 1 aromatic carbocycles. The highest BCUT2D eigenvalue weighted by molar-refractivity contribution is 7.21. The van der Waals surface area contributed by atoms with Crippen molar-refractivity contribution in [2.75, 3.05) is 17.7 Å². The highest BCUT2D eigenvalue weighted by Gasteiger charge is 2.20. The van der Waals surface area contributed by atoms with Gasteiger partial charge in [0.05, 0.1) is 12.3 Å². The van der Waals surface area contributed by atoms with Crippen LogP contribution in [0.5, 0.6) is 5.75 Å². The molecule has 0 radical (unpaired) electrons. The van der Waals surface area contributed by atoms with E-state index in [1.807, 2.05) is 52.0 Å². The standard InChI is InChI=1S/C19H21N3O2S/c1-5-24-14-8-6-13(7-9-14)22-18(23)17-16(20)15-11(3)10(2)12(4)21-19(15)25-17/h6-9H,5,20H2,1-4H3,(H,22,23). The van der Waals surface area contributed by atoms with Crippen LogP contribution in [0.4, 0.5) is 11.4 Å². The Morgan fingerprint density at radius 1 is 1.20 bits per heavy atom. The summed E-state index contributed by atoms with van der Waals surface area (Å²) >= 11 is 1.33. The van der Waals surface area contributed by atoms with Crippen molar-refractivity contribution < 1.29 is 9.53 Å². The molecule has 3 rings (SSSR count). The number of nitrogen functional groups attached to an aromatic ring is 1. The number of ether oxygens (including phenoxy) is 1. The maximum atomic E-state index is 12.7. The van der Waals surface area contributed by atoms with Gasteiger partial charge in [-0.15, -0.1) is 11.3 Å². The summed E-state index contributed by atoms with van der Waals surface area (Å²) in [5.74, 6) is 0.548. The Kier molecular flexibility index (Phi) is 4.63. The van der Waals surface area contributed by atoms with Crippen molar-refractivity contribution in [2.45, 2.75) is 27.7 Å². The third-order valence-electron chi connectivity index (χ3n) is 4.31. The van der Waals surface area contributed by atoms with Crippen LogP contribution in [0.25, 0.3) is 10.2 Å². The topological polar surface area (TPSA) is 77.2 Å². The molecule has 0 unspecified atom stereocenters. The molecular weight excluding hydrogens is 334 g/mol. The molecule has 130 valence electrons. The number of aryl methyl sites for hydroxylation is 2. The number of rotatable bonds is 4. The normalized spacial score (nSPS) is 10.9. The maximum Gasteiger partial charge on any atom is 0.267 e. The average Bonchev–Trinajstić information content (AvgIpc) is 2.91. The van der Waals surface area contributed by atoms with Crippen LogP contribution < -0.4 is 15.8 Å². The number of benzene rings is 1. The van der Waals surface area contributed by atoms with E-state index in [0.717, 1.165) is 32.8 Å². The molecule has 0 bridgehead atoms. The summed E-state index contributed by atoms with van der Waals surface area (Å²) in [6.45, 7) is 8.55. The lowest BCUT2D eigenvalue weighted by molar-refractivity contribution is 0.103. The molecule has 3 N–H and O–H groups in total. The number of carbonyl (C=O) groups is 1. The molecule has 1 amide bonds. The molecular formula is C19H21N3O2S. The Morgan fingerprint density at radius 3 is 2.52 bits per heavy atom. The van der Waals surface area contributed by atoms with E-state index in [1.54, 1.807) is 0 Å². The number of anilines is 2. The number of thiophene rings is 1. The first kappa shape index (κ1) is 17.2. The quantitative estimate of drug-likeness (QED) is 0.724. The Labute approximate surface area is 150 Å². The highest BCUT2D eigenvalue weighted by atomic mass is 32.1. The molecule has 3 aromatic rings. The third kappa shape index (κ3) is 3.17. The zero-order chi connectivity index (χ0) is 18.1. The van der Waals surface area contributed by atoms with E-state index in [4.69, 9.17) is 10.5 Å². The van der Waals surface area contributed by atoms with Gasteiger partial charge in [-0.25, -0.2) is 4.98 Å². The Balaban J connectivity index is 1.92. The molecule has 0 aliphatic rings. The summed E-state index contributed by atoms with van der Waals surface area (Å²) in [6.07, 6.45) is 0. The number of nitrogens with two attached hydrogens (primary N) is 1. The van der Waals surface area contributed by atoms with Crippen molar-refractivity contribution in [3.8, 4) is 5.75 Å². The van der Waals surface area contributed by atoms with Crippen LogP contribution in [-0.4, -0.2) is 17.5 Å². The van der Waals surface area contributed by atoms with E-state index in [1.165, 1.54) is 11.3 Å². The first-order chi connectivity index (χ1) is 11.9. The van der Waals surface area contributed by atoms with Gasteiger partial charge in [-0.05, 0) is 63.1 Å². The van der Waals surface area contributed by atoms with Crippen molar-refractivity contribution in [2.24, 2.45) is 0 Å². The van der Waals surface area contributed by atoms with E-state index in [2.05, 4.69) is 10.3 Å². The number of amides is 1. The fraction of sp³-hybridized carbons (Fsp3) is 0.263. The number of fused-ring (bicyclic) bond motifs is 1. The van der Waals surface area contributed by atoms with Gasteiger partial charge in [-0.2, -0.15) is 0 Å². The van der Waals surface area contributed by atoms with E-state index in [0.29, 0.717) is 22.9 Å². The second-order valence-electron chi connectivity index (χ2n) is 5.88. The van der Waals surface area contributed by atoms with Gasteiger partial charge >= 0.3 is 0 Å². The minimum Gasteiger partial charge on any atom is -0.494 e. The van der Waals surface area contributed by atoms with Gasteiger partial charge in [-0.3, -0.25) is 4.79 Å². The first-order valence-electron chi connectivity index (χ1n) is 8.12. The molecule has 2 heterocycles. The summed E-state index contributed by atoms with van der Waals surface area (Å²) in [5, 5.41) is 3.77. The minimum absolute atomic E-state index is 0.223. The molecule has 0 spiro atoms. The molecule has 0 aliphatic carbocycles. The lowest BCUT2D eigenvalue weighted by Gasteiger charge is -2.07. The predicted octanol–water partition coefficient (Wildman–Crippen LogP) is 4.45. The van der Waals surface area contributed by atoms with E-state index in [9.17, 15) is 4.79 Å². The Hall–Kier alpha value is -2.60. The van der Waals surface area contributed by atoms with Crippen LogP contribution in [0.3, 0.4) is 0 Å². The Morgan fingerprint density at radius 2 is 1.88 bits per heavy atom. The van der Waals surface area contributed by atoms with Gasteiger partial charge < -0.3 is 15.8 Å². The SMILES string of the molecule is CCOc1ccc(NC(=O)c2sc3nc(C)c(C)c(C)c3c2N)cc1. The van der Waals surface area contributed by atoms with Crippen molar-refractivity contribution in [3.63, 3.8) is 0 Å². The van der Waals surface area contributed by atoms with Gasteiger partial charge in [0.2, 0.25) is 0 Å². The molecule has 0 atom stereocenters. The van der Waals surface area contributed by atoms with Crippen molar-refractivity contribution >= 4 is 38.8 Å². The van der Waals surface area contributed by atoms with Crippen molar-refractivity contribution in [1.82, 2.24) is 4.98 Å². The van der Waals surface area contributed by atoms with Gasteiger partial charge in [-0.1, -0.05) is 0 Å². The molecule has 0 aliphatic heterocycles. The summed E-state index contributed by atoms with van der Waals surface area (Å²) in [5.41, 5.74) is 10.6. The number of nitrogens with one attached hydrogen (secondary N) is 1. The van der Waals surface area contributed by atoms with Gasteiger partial charge in [0.15, 0.2) is 0 Å². The van der Waals surface area contributed by atoms with Crippen LogP contribution in [-0.2, 0) is 0 Å². The zero-order valence-electron chi connectivity index (χ0n) is 14.8. The molecule has 6 heteroatoms. The summed E-state index contributed by atoms with van der Waals surface area (Å²) in [4.78, 5) is 18.5. The molecule has 5 nitrogen and oxygen atoms in total. The lowest BCUT2D eigenvalue weighted by Crippen LogP contribution is -2.12. The van der Waals surface area contributed by atoms with Crippen molar-refractivity contribution in [1.29, 1.82) is 0 Å². The van der Waals surface area contributed by atoms with E-state index < -0.39 is 0 Å². The number of hydrogen-bond donors (Lipinski definition) is 2. The molecule has 0 fully saturated rings. The smallest absolute Gasteiger partial charge is 0.267 e. The lowest BCUT2D eigenvalue weighted by atomic mass is 10.1. The summed E-state index contributed by atoms with van der Waals surface area (Å²) in [7, 11) is 0. The minimum atomic E-state index is -0.223. The maximum absolute atomic E-state index is 12.7. The summed E-state index contributed by atoms with van der Waals surface area (Å²) in [6, 6.07) is 7.27. The number of hydrogen-bond acceptors (Lipinski definition) is 5. The largest absolute Gasteiger partial charge is 0.494 e. The van der Waals surface area contributed by atoms with Crippen LogP contribution in [0, 0.1) is 20.8 Å². The second kappa shape index (κ2) is 6.72. The van der Waals surface area contributed by atoms with Crippen LogP contribution >= 0.6 is 11.3 Å². The third-order valence-corrected chi connectivity index (χ3v) is 5.40. The predicted molar refractivity (Wildman–Crippen MR) is 104 cm³/mol. The summed E-state index contributed by atoms with van der Waals surface area (Å²) < 4.78 is 5.41. The fourth-order valence-corrected chi connectivity index (χ4v) is 3.82. The van der Waals surface area contributed by atoms with Crippen LogP contribution in [0.2, 0.25) is 0 Å². The molecule has 0 saturated carbocycles. The molecule has 0 saturated heterocycles. The monoisotopic (exact) mass is 355 g/mol. The first-order valence-corrected chi connectivity index (χ1v) is 8.94. The van der Waals surface area contributed by atoms with E-state index in [-0.39, 0.29) is 5.91 Å². The number of pyridine rings is 1. The van der Waals surface area contributed by atoms with Gasteiger partial charge in [0.25, 0.3) is 5.91 Å². The van der Waals surface area contributed by atoms with Gasteiger partial charge in [0.1, 0.15) is 15.5 Å². The number of aromatic nitrogens is 1. The molecule has 25 heavy (non-hydrogen) atoms. The second-order valence-corrected chi connectivity index (χ2v) is 6.88. The fourth-order valence-electron chi connectivity index (χ4n) is 2.73. The average molecular weight is 355 g/mol. The van der Waals surface area contributed by atoms with Gasteiger partial charge in [0, 0.05) is 16.8 Å². The van der Waals surface area contributed by atoms with E-state index >= 15 is 0 Å². The van der Waals surface area contributed by atoms with Crippen LogP contribution in [0.1, 0.15) is 33.4 Å². The Bertz CT molecular complexity index is 946.